The van der Waals surface area contributed by atoms with E-state index in [1.54, 1.807) is 7.11 Å². The molecule has 0 aromatic rings. The number of nitrogens with two attached hydrogens (primary N) is 1. The maximum absolute atomic E-state index is 9.51. The van der Waals surface area contributed by atoms with Gasteiger partial charge >= 0.3 is 0 Å². The summed E-state index contributed by atoms with van der Waals surface area (Å²) < 4.78 is 5.08. The van der Waals surface area contributed by atoms with Gasteiger partial charge < -0.3 is 20.5 Å². The van der Waals surface area contributed by atoms with Crippen LogP contribution in [0.4, 0.5) is 0 Å². The molecule has 1 fully saturated rings. The Hall–Kier alpha value is -0.200. The molecule has 1 heterocycles. The van der Waals surface area contributed by atoms with Crippen LogP contribution in [-0.4, -0.2) is 80.5 Å². The summed E-state index contributed by atoms with van der Waals surface area (Å²) in [6.07, 6.45) is 2.39. The van der Waals surface area contributed by atoms with E-state index in [0.29, 0.717) is 12.6 Å². The largest absolute Gasteiger partial charge is 0.395 e. The number of aliphatic hydroxyl groups is 1. The molecule has 0 aromatic carbocycles. The zero-order valence-corrected chi connectivity index (χ0v) is 11.3. The lowest BCUT2D eigenvalue weighted by atomic mass is 10.00. The Morgan fingerprint density at radius 1 is 1.53 bits per heavy atom. The Balaban J connectivity index is 2.55. The summed E-state index contributed by atoms with van der Waals surface area (Å²) >= 11 is 0. The predicted octanol–water partition coefficient (Wildman–Crippen LogP) is -0.653. The molecule has 1 aliphatic heterocycles. The van der Waals surface area contributed by atoms with Crippen molar-refractivity contribution in [3.8, 4) is 0 Å². The SMILES string of the molecule is COCC(N)C(CO)N1CCCC(N(C)C)C1. The Morgan fingerprint density at radius 3 is 2.76 bits per heavy atom. The van der Waals surface area contributed by atoms with Crippen molar-refractivity contribution in [1.82, 2.24) is 9.80 Å². The molecule has 5 heteroatoms. The van der Waals surface area contributed by atoms with Crippen molar-refractivity contribution in [2.45, 2.75) is 31.0 Å². The van der Waals surface area contributed by atoms with Crippen molar-refractivity contribution in [3.05, 3.63) is 0 Å². The van der Waals surface area contributed by atoms with Crippen LogP contribution in [-0.2, 0) is 4.74 Å². The van der Waals surface area contributed by atoms with Crippen molar-refractivity contribution < 1.29 is 9.84 Å². The number of likely N-dealkylation sites (N-methyl/N-ethyl adjacent to an activating group) is 1. The Morgan fingerprint density at radius 2 is 2.24 bits per heavy atom. The average molecular weight is 245 g/mol. The van der Waals surface area contributed by atoms with E-state index in [0.717, 1.165) is 13.1 Å². The maximum atomic E-state index is 9.51. The van der Waals surface area contributed by atoms with E-state index in [9.17, 15) is 5.11 Å². The standard InChI is InChI=1S/C12H27N3O2/c1-14(2)10-5-4-6-15(7-10)12(8-16)11(13)9-17-3/h10-12,16H,4-9,13H2,1-3H3. The lowest BCUT2D eigenvalue weighted by Gasteiger charge is -2.41. The summed E-state index contributed by atoms with van der Waals surface area (Å²) in [5.41, 5.74) is 6.05. The van der Waals surface area contributed by atoms with E-state index >= 15 is 0 Å². The van der Waals surface area contributed by atoms with Crippen LogP contribution < -0.4 is 5.73 Å². The molecule has 0 spiro atoms. The third kappa shape index (κ3) is 4.19. The summed E-state index contributed by atoms with van der Waals surface area (Å²) in [6.45, 7) is 2.60. The number of methoxy groups -OCH3 is 1. The van der Waals surface area contributed by atoms with E-state index < -0.39 is 0 Å². The van der Waals surface area contributed by atoms with Gasteiger partial charge in [-0.2, -0.15) is 0 Å². The highest BCUT2D eigenvalue weighted by molar-refractivity contribution is 4.87. The molecular weight excluding hydrogens is 218 g/mol. The first-order valence-corrected chi connectivity index (χ1v) is 6.36. The summed E-state index contributed by atoms with van der Waals surface area (Å²) in [6, 6.07) is 0.455. The Bertz CT molecular complexity index is 214. The van der Waals surface area contributed by atoms with Crippen LogP contribution in [0.3, 0.4) is 0 Å². The van der Waals surface area contributed by atoms with Gasteiger partial charge in [0.2, 0.25) is 0 Å². The fourth-order valence-electron chi connectivity index (χ4n) is 2.53. The molecule has 3 N–H and O–H groups in total. The van der Waals surface area contributed by atoms with Crippen LogP contribution >= 0.6 is 0 Å². The molecule has 0 radical (unpaired) electrons. The van der Waals surface area contributed by atoms with Crippen LogP contribution in [0.5, 0.6) is 0 Å². The topological polar surface area (TPSA) is 62.0 Å². The average Bonchev–Trinajstić information content (AvgIpc) is 2.30. The predicted molar refractivity (Wildman–Crippen MR) is 69.0 cm³/mol. The second kappa shape index (κ2) is 7.28. The molecule has 5 nitrogen and oxygen atoms in total. The Labute approximate surface area is 105 Å². The van der Waals surface area contributed by atoms with Crippen molar-refractivity contribution in [1.29, 1.82) is 0 Å². The number of ether oxygens (including phenoxy) is 1. The van der Waals surface area contributed by atoms with E-state index in [1.807, 2.05) is 0 Å². The number of aliphatic hydroxyl groups excluding tert-OH is 1. The van der Waals surface area contributed by atoms with Crippen molar-refractivity contribution >= 4 is 0 Å². The number of rotatable bonds is 6. The third-order valence-corrected chi connectivity index (χ3v) is 3.67. The van der Waals surface area contributed by atoms with Crippen molar-refractivity contribution in [3.63, 3.8) is 0 Å². The van der Waals surface area contributed by atoms with E-state index in [-0.39, 0.29) is 18.7 Å². The molecule has 17 heavy (non-hydrogen) atoms. The summed E-state index contributed by atoms with van der Waals surface area (Å²) in [5.74, 6) is 0. The minimum absolute atomic E-state index is 0.0118. The van der Waals surface area contributed by atoms with Crippen LogP contribution in [0.2, 0.25) is 0 Å². The van der Waals surface area contributed by atoms with E-state index in [1.165, 1.54) is 12.8 Å². The summed E-state index contributed by atoms with van der Waals surface area (Å²) in [5, 5.41) is 9.51. The number of nitrogens with zero attached hydrogens (tertiary/aromatic N) is 2. The van der Waals surface area contributed by atoms with Gasteiger partial charge in [-0.25, -0.2) is 0 Å². The highest BCUT2D eigenvalue weighted by Gasteiger charge is 2.29. The van der Waals surface area contributed by atoms with Gasteiger partial charge in [-0.05, 0) is 33.5 Å². The zero-order valence-electron chi connectivity index (χ0n) is 11.3. The third-order valence-electron chi connectivity index (χ3n) is 3.67. The minimum Gasteiger partial charge on any atom is -0.395 e. The molecule has 102 valence electrons. The normalized spacial score (nSPS) is 26.1. The fraction of sp³-hybridized carbons (Fsp3) is 1.00. The van der Waals surface area contributed by atoms with Gasteiger partial charge in [-0.3, -0.25) is 4.90 Å². The molecular formula is C12H27N3O2. The molecule has 1 saturated heterocycles. The quantitative estimate of drug-likeness (QED) is 0.651. The summed E-state index contributed by atoms with van der Waals surface area (Å²) in [4.78, 5) is 4.56. The first-order valence-electron chi connectivity index (χ1n) is 6.36. The first kappa shape index (κ1) is 14.9. The van der Waals surface area contributed by atoms with Gasteiger partial charge in [0.05, 0.1) is 19.3 Å². The number of hydrogen-bond donors (Lipinski definition) is 2. The maximum Gasteiger partial charge on any atom is 0.0629 e. The molecule has 0 bridgehead atoms. The molecule has 0 amide bonds. The first-order chi connectivity index (χ1) is 8.10. The lowest BCUT2D eigenvalue weighted by molar-refractivity contribution is 0.0350. The second-order valence-electron chi connectivity index (χ2n) is 5.12. The lowest BCUT2D eigenvalue weighted by Crippen LogP contribution is -2.57. The van der Waals surface area contributed by atoms with Crippen LogP contribution in [0.25, 0.3) is 0 Å². The summed E-state index contributed by atoms with van der Waals surface area (Å²) in [7, 11) is 5.86. The van der Waals surface area contributed by atoms with Gasteiger partial charge in [0.25, 0.3) is 0 Å². The van der Waals surface area contributed by atoms with Crippen LogP contribution in [0.15, 0.2) is 0 Å². The smallest absolute Gasteiger partial charge is 0.0629 e. The van der Waals surface area contributed by atoms with Gasteiger partial charge in [-0.1, -0.05) is 0 Å². The van der Waals surface area contributed by atoms with Crippen molar-refractivity contribution in [2.24, 2.45) is 5.73 Å². The van der Waals surface area contributed by atoms with Crippen LogP contribution in [0.1, 0.15) is 12.8 Å². The number of likely N-dealkylation sites (tertiary alicyclic amines) is 1. The monoisotopic (exact) mass is 245 g/mol. The van der Waals surface area contributed by atoms with Gasteiger partial charge in [-0.15, -0.1) is 0 Å². The zero-order chi connectivity index (χ0) is 12.8. The highest BCUT2D eigenvalue weighted by atomic mass is 16.5. The molecule has 0 saturated carbocycles. The molecule has 1 rings (SSSR count). The molecule has 0 aliphatic carbocycles. The minimum atomic E-state index is -0.120. The molecule has 1 aliphatic rings. The fourth-order valence-corrected chi connectivity index (χ4v) is 2.53. The Kier molecular flexibility index (Phi) is 6.37. The molecule has 3 atom stereocenters. The van der Waals surface area contributed by atoms with Gasteiger partial charge in [0.1, 0.15) is 0 Å². The van der Waals surface area contributed by atoms with Gasteiger partial charge in [0, 0.05) is 25.7 Å². The highest BCUT2D eigenvalue weighted by Crippen LogP contribution is 2.17. The van der Waals surface area contributed by atoms with Crippen LogP contribution in [0, 0.1) is 0 Å². The second-order valence-corrected chi connectivity index (χ2v) is 5.12. The number of hydrogen-bond acceptors (Lipinski definition) is 5. The number of piperidine rings is 1. The molecule has 3 unspecified atom stereocenters. The van der Waals surface area contributed by atoms with Gasteiger partial charge in [0.15, 0.2) is 0 Å². The van der Waals surface area contributed by atoms with E-state index in [4.69, 9.17) is 10.5 Å². The molecule has 0 aromatic heterocycles. The van der Waals surface area contributed by atoms with Crippen molar-refractivity contribution in [2.75, 3.05) is 47.5 Å². The van der Waals surface area contributed by atoms with E-state index in [2.05, 4.69) is 23.9 Å².